The number of nitrogens with zero attached hydrogens (tertiary/aromatic N) is 2. The standard InChI is InChI=1S/C21H24F7N5O3/c1-36-17-15-12(18(34)31-19(35)33(15)9-2-3-9)14(30)13(22)16(17)32-5-4-8(7-32)10(29)6-11(20(23,24)25)21(26,27)28/h8-11H,2-7,29-30H2,1H3,(H,31,34,35). The Morgan fingerprint density at radius 3 is 2.25 bits per heavy atom. The number of nitrogens with one attached hydrogen (secondary N) is 1. The first-order valence-electron chi connectivity index (χ1n) is 11.1. The first-order chi connectivity index (χ1) is 16.7. The number of methoxy groups -OCH3 is 1. The number of hydrogen-bond donors (Lipinski definition) is 3. The molecule has 2 unspecified atom stereocenters. The molecule has 1 aliphatic heterocycles. The second-order valence-corrected chi connectivity index (χ2v) is 9.22. The fraction of sp³-hybridized carbons (Fsp3) is 0.619. The number of ether oxygens (including phenoxy) is 1. The van der Waals surface area contributed by atoms with E-state index in [-0.39, 0.29) is 47.9 Å². The van der Waals surface area contributed by atoms with E-state index in [1.807, 2.05) is 0 Å². The Hall–Kier alpha value is -2.97. The third-order valence-corrected chi connectivity index (χ3v) is 6.85. The van der Waals surface area contributed by atoms with E-state index in [4.69, 9.17) is 16.2 Å². The van der Waals surface area contributed by atoms with E-state index in [9.17, 15) is 35.9 Å². The van der Waals surface area contributed by atoms with Crippen molar-refractivity contribution in [3.63, 3.8) is 0 Å². The first kappa shape index (κ1) is 26.1. The van der Waals surface area contributed by atoms with Crippen molar-refractivity contribution in [3.8, 4) is 5.75 Å². The molecule has 15 heteroatoms. The van der Waals surface area contributed by atoms with Crippen molar-refractivity contribution in [1.82, 2.24) is 9.55 Å². The molecule has 5 N–H and O–H groups in total. The summed E-state index contributed by atoms with van der Waals surface area (Å²) in [7, 11) is 1.19. The van der Waals surface area contributed by atoms with Crippen molar-refractivity contribution in [2.45, 2.75) is 50.1 Å². The number of aromatic nitrogens is 2. The largest absolute Gasteiger partial charge is 0.492 e. The van der Waals surface area contributed by atoms with Gasteiger partial charge in [0.15, 0.2) is 17.5 Å². The molecule has 2 aliphatic rings. The van der Waals surface area contributed by atoms with Crippen LogP contribution in [0.4, 0.5) is 42.1 Å². The minimum Gasteiger partial charge on any atom is -0.492 e. The number of hydrogen-bond acceptors (Lipinski definition) is 6. The van der Waals surface area contributed by atoms with Crippen LogP contribution in [-0.4, -0.2) is 48.1 Å². The van der Waals surface area contributed by atoms with Gasteiger partial charge in [-0.3, -0.25) is 14.3 Å². The van der Waals surface area contributed by atoms with Crippen LogP contribution < -0.4 is 32.4 Å². The van der Waals surface area contributed by atoms with Gasteiger partial charge in [-0.2, -0.15) is 26.3 Å². The van der Waals surface area contributed by atoms with Gasteiger partial charge in [0.2, 0.25) is 0 Å². The summed E-state index contributed by atoms with van der Waals surface area (Å²) in [4.78, 5) is 28.5. The first-order valence-corrected chi connectivity index (χ1v) is 11.1. The van der Waals surface area contributed by atoms with E-state index in [1.54, 1.807) is 0 Å². The quantitative estimate of drug-likeness (QED) is 0.393. The number of nitrogen functional groups attached to an aromatic ring is 1. The number of benzene rings is 1. The van der Waals surface area contributed by atoms with E-state index in [0.717, 1.165) is 0 Å². The zero-order valence-corrected chi connectivity index (χ0v) is 19.0. The fourth-order valence-electron chi connectivity index (χ4n) is 4.89. The number of halogens is 7. The molecule has 0 spiro atoms. The minimum absolute atomic E-state index is 0.0235. The summed E-state index contributed by atoms with van der Waals surface area (Å²) < 4.78 is 100. The average molecular weight is 527 g/mol. The van der Waals surface area contributed by atoms with Crippen LogP contribution in [-0.2, 0) is 0 Å². The fourth-order valence-corrected chi connectivity index (χ4v) is 4.89. The molecular weight excluding hydrogens is 503 g/mol. The third-order valence-electron chi connectivity index (χ3n) is 6.85. The summed E-state index contributed by atoms with van der Waals surface area (Å²) in [5, 5.41) is -0.287. The Labute approximate surface area is 199 Å². The molecular formula is C21H24F7N5O3. The second kappa shape index (κ2) is 8.85. The third kappa shape index (κ3) is 4.48. The molecule has 0 amide bonds. The van der Waals surface area contributed by atoms with E-state index in [2.05, 4.69) is 4.98 Å². The molecule has 1 aromatic heterocycles. The lowest BCUT2D eigenvalue weighted by molar-refractivity contribution is -0.287. The van der Waals surface area contributed by atoms with Crippen LogP contribution in [0.2, 0.25) is 0 Å². The van der Waals surface area contributed by atoms with Gasteiger partial charge < -0.3 is 21.1 Å². The number of alkyl halides is 6. The predicted octanol–water partition coefficient (Wildman–Crippen LogP) is 3.04. The van der Waals surface area contributed by atoms with E-state index in [1.165, 1.54) is 16.6 Å². The lowest BCUT2D eigenvalue weighted by atomic mass is 9.89. The molecule has 1 saturated carbocycles. The van der Waals surface area contributed by atoms with Crippen LogP contribution >= 0.6 is 0 Å². The van der Waals surface area contributed by atoms with Crippen molar-refractivity contribution in [2.75, 3.05) is 30.8 Å². The van der Waals surface area contributed by atoms with Gasteiger partial charge in [-0.1, -0.05) is 0 Å². The molecule has 36 heavy (non-hydrogen) atoms. The predicted molar refractivity (Wildman–Crippen MR) is 117 cm³/mol. The van der Waals surface area contributed by atoms with Gasteiger partial charge in [0.1, 0.15) is 11.2 Å². The SMILES string of the molecule is COc1c(N2CCC(C(N)CC(C(F)(F)F)C(F)(F)F)C2)c(F)c(N)c2c(=O)[nH]c(=O)n(C3CC3)c12. The van der Waals surface area contributed by atoms with E-state index >= 15 is 4.39 Å². The average Bonchev–Trinajstić information content (AvgIpc) is 3.47. The number of fused-ring (bicyclic) bond motifs is 1. The normalized spacial score (nSPS) is 19.9. The maximum atomic E-state index is 15.5. The number of aromatic amines is 1. The highest BCUT2D eigenvalue weighted by Gasteiger charge is 2.57. The number of H-pyrrole nitrogens is 1. The molecule has 2 fully saturated rings. The molecule has 0 bridgehead atoms. The van der Waals surface area contributed by atoms with Crippen molar-refractivity contribution in [2.24, 2.45) is 17.6 Å². The summed E-state index contributed by atoms with van der Waals surface area (Å²) in [5.41, 5.74) is 9.25. The number of nitrogens with two attached hydrogens (primary N) is 2. The zero-order chi connectivity index (χ0) is 26.7. The second-order valence-electron chi connectivity index (χ2n) is 9.22. The maximum absolute atomic E-state index is 15.5. The summed E-state index contributed by atoms with van der Waals surface area (Å²) >= 11 is 0. The molecule has 200 valence electrons. The van der Waals surface area contributed by atoms with Gasteiger partial charge in [-0.05, 0) is 31.6 Å². The zero-order valence-electron chi connectivity index (χ0n) is 19.0. The van der Waals surface area contributed by atoms with E-state index < -0.39 is 59.4 Å². The summed E-state index contributed by atoms with van der Waals surface area (Å²) in [6, 6.07) is -1.76. The lowest BCUT2D eigenvalue weighted by Crippen LogP contribution is -2.43. The Morgan fingerprint density at radius 2 is 1.72 bits per heavy atom. The number of rotatable bonds is 6. The Kier molecular flexibility index (Phi) is 6.42. The highest BCUT2D eigenvalue weighted by molar-refractivity contribution is 5.99. The Morgan fingerprint density at radius 1 is 1.11 bits per heavy atom. The van der Waals surface area contributed by atoms with Crippen LogP contribution in [0.25, 0.3) is 10.9 Å². The smallest absolute Gasteiger partial charge is 0.400 e. The maximum Gasteiger partial charge on any atom is 0.400 e. The van der Waals surface area contributed by atoms with Crippen LogP contribution in [0.3, 0.4) is 0 Å². The van der Waals surface area contributed by atoms with Crippen LogP contribution in [0.5, 0.6) is 5.75 Å². The van der Waals surface area contributed by atoms with Crippen molar-refractivity contribution in [1.29, 1.82) is 0 Å². The number of anilines is 2. The molecule has 2 aromatic rings. The van der Waals surface area contributed by atoms with Crippen molar-refractivity contribution < 1.29 is 35.5 Å². The van der Waals surface area contributed by atoms with Crippen molar-refractivity contribution in [3.05, 3.63) is 26.7 Å². The minimum atomic E-state index is -5.52. The molecule has 1 aliphatic carbocycles. The van der Waals surface area contributed by atoms with Crippen LogP contribution in [0.15, 0.2) is 9.59 Å². The van der Waals surface area contributed by atoms with Gasteiger partial charge in [0, 0.05) is 25.2 Å². The van der Waals surface area contributed by atoms with Crippen molar-refractivity contribution >= 4 is 22.3 Å². The Balaban J connectivity index is 1.73. The van der Waals surface area contributed by atoms with Gasteiger partial charge in [-0.15, -0.1) is 0 Å². The highest BCUT2D eigenvalue weighted by Crippen LogP contribution is 2.47. The monoisotopic (exact) mass is 527 g/mol. The molecule has 0 radical (unpaired) electrons. The van der Waals surface area contributed by atoms with Gasteiger partial charge in [0.05, 0.1) is 18.2 Å². The Bertz CT molecular complexity index is 1270. The molecule has 2 heterocycles. The summed E-state index contributed by atoms with van der Waals surface area (Å²) in [5.74, 6) is -5.65. The van der Waals surface area contributed by atoms with Gasteiger partial charge in [-0.25, -0.2) is 9.18 Å². The van der Waals surface area contributed by atoms with Gasteiger partial charge in [0.25, 0.3) is 5.56 Å². The van der Waals surface area contributed by atoms with Crippen LogP contribution in [0, 0.1) is 17.7 Å². The highest BCUT2D eigenvalue weighted by atomic mass is 19.4. The van der Waals surface area contributed by atoms with E-state index in [0.29, 0.717) is 12.8 Å². The van der Waals surface area contributed by atoms with Crippen LogP contribution in [0.1, 0.15) is 31.7 Å². The molecule has 1 aromatic carbocycles. The summed E-state index contributed by atoms with van der Waals surface area (Å²) in [6.45, 7) is -0.158. The molecule has 8 nitrogen and oxygen atoms in total. The topological polar surface area (TPSA) is 119 Å². The lowest BCUT2D eigenvalue weighted by Gasteiger charge is -2.29. The van der Waals surface area contributed by atoms with Gasteiger partial charge >= 0.3 is 18.0 Å². The molecule has 1 saturated heterocycles. The molecule has 4 rings (SSSR count). The summed E-state index contributed by atoms with van der Waals surface area (Å²) in [6.07, 6.45) is -11.1. The molecule has 2 atom stereocenters.